The van der Waals surface area contributed by atoms with Crippen LogP contribution in [0.1, 0.15) is 34.5 Å². The van der Waals surface area contributed by atoms with Crippen LogP contribution in [0.25, 0.3) is 10.6 Å². The van der Waals surface area contributed by atoms with E-state index in [4.69, 9.17) is 9.84 Å². The van der Waals surface area contributed by atoms with Crippen molar-refractivity contribution < 1.29 is 27.8 Å². The highest BCUT2D eigenvalue weighted by Gasteiger charge is 2.30. The lowest BCUT2D eigenvalue weighted by atomic mass is 10.0. The Hall–Kier alpha value is -2.87. The molecular formula is C21H18F3NO3S. The largest absolute Gasteiger partial charge is 0.488 e. The Bertz CT molecular complexity index is 996. The van der Waals surface area contributed by atoms with Crippen molar-refractivity contribution in [2.45, 2.75) is 32.5 Å². The first-order valence-corrected chi connectivity index (χ1v) is 9.56. The molecule has 1 atom stereocenters. The van der Waals surface area contributed by atoms with E-state index in [-0.39, 0.29) is 6.61 Å². The topological polar surface area (TPSA) is 59.4 Å². The average molecular weight is 421 g/mol. The summed E-state index contributed by atoms with van der Waals surface area (Å²) >= 11 is 1.36. The van der Waals surface area contributed by atoms with E-state index >= 15 is 0 Å². The number of nitrogens with zero attached hydrogens (tertiary/aromatic N) is 1. The van der Waals surface area contributed by atoms with Crippen molar-refractivity contribution in [3.8, 4) is 16.3 Å². The zero-order chi connectivity index (χ0) is 21.2. The third kappa shape index (κ3) is 4.95. The zero-order valence-electron chi connectivity index (χ0n) is 15.7. The quantitative estimate of drug-likeness (QED) is 0.538. The summed E-state index contributed by atoms with van der Waals surface area (Å²) in [6.45, 7) is 3.69. The summed E-state index contributed by atoms with van der Waals surface area (Å²) in [6.07, 6.45) is -4.37. The Kier molecular flexibility index (Phi) is 5.93. The number of benzene rings is 2. The van der Waals surface area contributed by atoms with Crippen molar-refractivity contribution in [2.24, 2.45) is 0 Å². The minimum absolute atomic E-state index is 0.262. The summed E-state index contributed by atoms with van der Waals surface area (Å²) < 4.78 is 43.9. The lowest BCUT2D eigenvalue weighted by Gasteiger charge is -2.09. The molecular weight excluding hydrogens is 403 g/mol. The predicted octanol–water partition coefficient (Wildman–Crippen LogP) is 5.90. The van der Waals surface area contributed by atoms with E-state index in [9.17, 15) is 18.0 Å². The van der Waals surface area contributed by atoms with Crippen molar-refractivity contribution in [3.63, 3.8) is 0 Å². The molecule has 0 bridgehead atoms. The van der Waals surface area contributed by atoms with Crippen LogP contribution in [-0.4, -0.2) is 16.1 Å². The summed E-state index contributed by atoms with van der Waals surface area (Å²) in [4.78, 5) is 16.3. The van der Waals surface area contributed by atoms with E-state index in [0.717, 1.165) is 22.7 Å². The third-order valence-electron chi connectivity index (χ3n) is 4.47. The number of halogens is 3. The number of carboxylic acid groups (broad SMARTS) is 1. The minimum atomic E-state index is -4.37. The second-order valence-electron chi connectivity index (χ2n) is 6.52. The standard InChI is InChI=1S/C21H18F3NO3S/c1-12(20(26)27)14-5-9-17(10-6-14)28-11-18-13(2)25-19(29-18)15-3-7-16(8-4-15)21(22,23)24/h3-10,12H,11H2,1-2H3,(H,26,27). The number of aliphatic carboxylic acids is 1. The van der Waals surface area contributed by atoms with E-state index in [1.807, 2.05) is 6.92 Å². The highest BCUT2D eigenvalue weighted by atomic mass is 32.1. The summed E-state index contributed by atoms with van der Waals surface area (Å²) in [6, 6.07) is 11.7. The van der Waals surface area contributed by atoms with Gasteiger partial charge in [-0.3, -0.25) is 4.79 Å². The number of aryl methyl sites for hydroxylation is 1. The molecule has 2 aromatic carbocycles. The molecule has 0 fully saturated rings. The van der Waals surface area contributed by atoms with Crippen LogP contribution in [0, 0.1) is 6.92 Å². The number of thiazole rings is 1. The molecule has 0 saturated heterocycles. The van der Waals surface area contributed by atoms with Crippen LogP contribution < -0.4 is 4.74 Å². The monoisotopic (exact) mass is 421 g/mol. The van der Waals surface area contributed by atoms with Crippen molar-refractivity contribution in [1.29, 1.82) is 0 Å². The molecule has 3 rings (SSSR count). The fourth-order valence-electron chi connectivity index (χ4n) is 2.63. The minimum Gasteiger partial charge on any atom is -0.488 e. The molecule has 0 spiro atoms. The Morgan fingerprint density at radius 3 is 2.31 bits per heavy atom. The molecule has 0 amide bonds. The summed E-state index contributed by atoms with van der Waals surface area (Å²) in [5, 5.41) is 9.67. The molecule has 1 aromatic heterocycles. The highest BCUT2D eigenvalue weighted by molar-refractivity contribution is 7.15. The van der Waals surface area contributed by atoms with E-state index < -0.39 is 23.6 Å². The first kappa shape index (κ1) is 20.9. The van der Waals surface area contributed by atoms with Gasteiger partial charge in [0.2, 0.25) is 0 Å². The number of carboxylic acids is 1. The number of hydrogen-bond donors (Lipinski definition) is 1. The van der Waals surface area contributed by atoms with Crippen LogP contribution in [0.2, 0.25) is 0 Å². The Morgan fingerprint density at radius 2 is 1.76 bits per heavy atom. The van der Waals surface area contributed by atoms with Crippen LogP contribution in [0.4, 0.5) is 13.2 Å². The van der Waals surface area contributed by atoms with Gasteiger partial charge in [-0.2, -0.15) is 13.2 Å². The highest BCUT2D eigenvalue weighted by Crippen LogP contribution is 2.33. The van der Waals surface area contributed by atoms with Crippen LogP contribution in [-0.2, 0) is 17.6 Å². The molecule has 0 saturated carbocycles. The van der Waals surface area contributed by atoms with Crippen LogP contribution in [0.15, 0.2) is 48.5 Å². The number of alkyl halides is 3. The van der Waals surface area contributed by atoms with E-state index in [0.29, 0.717) is 21.9 Å². The maximum absolute atomic E-state index is 12.7. The maximum Gasteiger partial charge on any atom is 0.416 e. The van der Waals surface area contributed by atoms with Crippen LogP contribution >= 0.6 is 11.3 Å². The number of carbonyl (C=O) groups is 1. The smallest absolute Gasteiger partial charge is 0.416 e. The van der Waals surface area contributed by atoms with Gasteiger partial charge in [0.15, 0.2) is 0 Å². The Labute approximate surface area is 169 Å². The van der Waals surface area contributed by atoms with E-state index in [1.165, 1.54) is 23.5 Å². The van der Waals surface area contributed by atoms with Gasteiger partial charge in [0.25, 0.3) is 0 Å². The molecule has 4 nitrogen and oxygen atoms in total. The maximum atomic E-state index is 12.7. The molecule has 0 aliphatic carbocycles. The molecule has 152 valence electrons. The lowest BCUT2D eigenvalue weighted by Crippen LogP contribution is -2.07. The molecule has 8 heteroatoms. The van der Waals surface area contributed by atoms with Gasteiger partial charge in [-0.15, -0.1) is 11.3 Å². The molecule has 1 unspecified atom stereocenters. The summed E-state index contributed by atoms with van der Waals surface area (Å²) in [7, 11) is 0. The average Bonchev–Trinajstić information content (AvgIpc) is 3.06. The van der Waals surface area contributed by atoms with Gasteiger partial charge in [-0.25, -0.2) is 4.98 Å². The zero-order valence-corrected chi connectivity index (χ0v) is 16.5. The van der Waals surface area contributed by atoms with Crippen LogP contribution in [0.5, 0.6) is 5.75 Å². The number of ether oxygens (including phenoxy) is 1. The predicted molar refractivity (Wildman–Crippen MR) is 104 cm³/mol. The second-order valence-corrected chi connectivity index (χ2v) is 7.60. The van der Waals surface area contributed by atoms with Gasteiger partial charge in [0, 0.05) is 5.56 Å². The molecule has 29 heavy (non-hydrogen) atoms. The number of rotatable bonds is 6. The molecule has 0 aliphatic heterocycles. The van der Waals surface area contributed by atoms with E-state index in [2.05, 4.69) is 4.98 Å². The normalized spacial score (nSPS) is 12.6. The molecule has 1 heterocycles. The SMILES string of the molecule is Cc1nc(-c2ccc(C(F)(F)F)cc2)sc1COc1ccc(C(C)C(=O)O)cc1. The van der Waals surface area contributed by atoms with Crippen LogP contribution in [0.3, 0.4) is 0 Å². The molecule has 0 radical (unpaired) electrons. The fraction of sp³-hybridized carbons (Fsp3) is 0.238. The van der Waals surface area contributed by atoms with Gasteiger partial charge in [-0.05, 0) is 43.7 Å². The number of hydrogen-bond acceptors (Lipinski definition) is 4. The van der Waals surface area contributed by atoms with Crippen molar-refractivity contribution >= 4 is 17.3 Å². The van der Waals surface area contributed by atoms with Crippen molar-refractivity contribution in [2.75, 3.05) is 0 Å². The van der Waals surface area contributed by atoms with E-state index in [1.54, 1.807) is 31.2 Å². The van der Waals surface area contributed by atoms with Crippen molar-refractivity contribution in [3.05, 3.63) is 70.2 Å². The Morgan fingerprint density at radius 1 is 1.14 bits per heavy atom. The lowest BCUT2D eigenvalue weighted by molar-refractivity contribution is -0.138. The molecule has 0 aliphatic rings. The summed E-state index contributed by atoms with van der Waals surface area (Å²) in [5.41, 5.74) is 1.35. The summed E-state index contributed by atoms with van der Waals surface area (Å²) in [5.74, 6) is -0.899. The Balaban J connectivity index is 1.69. The third-order valence-corrected chi connectivity index (χ3v) is 5.65. The van der Waals surface area contributed by atoms with Gasteiger partial charge in [0.1, 0.15) is 17.4 Å². The van der Waals surface area contributed by atoms with Gasteiger partial charge in [-0.1, -0.05) is 24.3 Å². The number of aromatic nitrogens is 1. The van der Waals surface area contributed by atoms with Crippen molar-refractivity contribution in [1.82, 2.24) is 4.98 Å². The second kappa shape index (κ2) is 8.24. The van der Waals surface area contributed by atoms with Gasteiger partial charge in [0.05, 0.1) is 22.1 Å². The fourth-order valence-corrected chi connectivity index (χ4v) is 3.61. The molecule has 1 N–H and O–H groups in total. The van der Waals surface area contributed by atoms with Gasteiger partial charge >= 0.3 is 12.1 Å². The van der Waals surface area contributed by atoms with Gasteiger partial charge < -0.3 is 9.84 Å². The molecule has 3 aromatic rings. The first-order valence-electron chi connectivity index (χ1n) is 8.74. The first-order chi connectivity index (χ1) is 13.6.